The second kappa shape index (κ2) is 6.12. The molecule has 0 spiro atoms. The molecule has 1 aromatic heterocycles. The topological polar surface area (TPSA) is 80.0 Å². The molecule has 6 nitrogen and oxygen atoms in total. The molecular weight excluding hydrogens is 292 g/mol. The number of nitrogens with one attached hydrogen (secondary N) is 1. The van der Waals surface area contributed by atoms with Gasteiger partial charge in [-0.1, -0.05) is 13.3 Å². The van der Waals surface area contributed by atoms with Crippen LogP contribution in [-0.2, 0) is 0 Å². The first-order chi connectivity index (χ1) is 11.0. The van der Waals surface area contributed by atoms with Crippen molar-refractivity contribution < 1.29 is 9.90 Å². The molecule has 2 aromatic rings. The molecule has 23 heavy (non-hydrogen) atoms. The van der Waals surface area contributed by atoms with Gasteiger partial charge in [-0.2, -0.15) is 5.10 Å². The minimum Gasteiger partial charge on any atom is -0.396 e. The van der Waals surface area contributed by atoms with Gasteiger partial charge in [0.05, 0.1) is 12.3 Å². The number of amides is 1. The van der Waals surface area contributed by atoms with Crippen molar-refractivity contribution in [2.75, 3.05) is 6.61 Å². The van der Waals surface area contributed by atoms with E-state index in [1.807, 2.05) is 32.0 Å². The molecule has 3 rings (SSSR count). The predicted molar refractivity (Wildman–Crippen MR) is 86.4 cm³/mol. The summed E-state index contributed by atoms with van der Waals surface area (Å²) in [6, 6.07) is 5.61. The summed E-state index contributed by atoms with van der Waals surface area (Å²) in [7, 11) is 0. The summed E-state index contributed by atoms with van der Waals surface area (Å²) in [4.78, 5) is 16.5. The fraction of sp³-hybridized carbons (Fsp3) is 0.471. The largest absolute Gasteiger partial charge is 0.396 e. The third kappa shape index (κ3) is 2.99. The molecule has 122 valence electrons. The Kier molecular flexibility index (Phi) is 4.17. The average Bonchev–Trinajstić information content (AvgIpc) is 3.18. The number of carbonyl (C=O) groups is 1. The van der Waals surface area contributed by atoms with Crippen molar-refractivity contribution in [3.05, 3.63) is 42.0 Å². The molecule has 2 N–H and O–H groups in total. The van der Waals surface area contributed by atoms with Crippen molar-refractivity contribution in [2.24, 2.45) is 5.41 Å². The van der Waals surface area contributed by atoms with Crippen molar-refractivity contribution >= 4 is 5.91 Å². The zero-order chi connectivity index (χ0) is 16.4. The lowest BCUT2D eigenvalue weighted by Gasteiger charge is -2.30. The highest BCUT2D eigenvalue weighted by Gasteiger charge is 2.39. The van der Waals surface area contributed by atoms with Gasteiger partial charge in [0.25, 0.3) is 5.91 Å². The molecule has 1 aliphatic carbocycles. The molecule has 6 heteroatoms. The lowest BCUT2D eigenvalue weighted by Crippen LogP contribution is -2.44. The maximum Gasteiger partial charge on any atom is 0.251 e. The Morgan fingerprint density at radius 1 is 1.52 bits per heavy atom. The molecule has 1 saturated carbocycles. The molecule has 0 saturated heterocycles. The van der Waals surface area contributed by atoms with Crippen LogP contribution < -0.4 is 5.32 Å². The zero-order valence-corrected chi connectivity index (χ0v) is 13.5. The maximum absolute atomic E-state index is 12.6. The van der Waals surface area contributed by atoms with E-state index in [-0.39, 0.29) is 24.0 Å². The normalized spacial score (nSPS) is 23.9. The number of aliphatic hydroxyl groups is 1. The van der Waals surface area contributed by atoms with Gasteiger partial charge in [0.2, 0.25) is 0 Å². The van der Waals surface area contributed by atoms with E-state index in [0.29, 0.717) is 5.56 Å². The summed E-state index contributed by atoms with van der Waals surface area (Å²) in [6.07, 6.45) is 6.00. The highest BCUT2D eigenvalue weighted by molar-refractivity contribution is 5.96. The van der Waals surface area contributed by atoms with Crippen molar-refractivity contribution in [1.82, 2.24) is 20.1 Å². The van der Waals surface area contributed by atoms with Crippen molar-refractivity contribution in [3.8, 4) is 5.69 Å². The van der Waals surface area contributed by atoms with E-state index in [9.17, 15) is 9.90 Å². The Labute approximate surface area is 135 Å². The minimum atomic E-state index is -0.218. The molecule has 1 aliphatic rings. The summed E-state index contributed by atoms with van der Waals surface area (Å²) in [5.74, 6) is -0.0841. The van der Waals surface area contributed by atoms with Crippen LogP contribution >= 0.6 is 0 Å². The summed E-state index contributed by atoms with van der Waals surface area (Å²) < 4.78 is 1.66. The Morgan fingerprint density at radius 2 is 2.35 bits per heavy atom. The second-order valence-corrected chi connectivity index (χ2v) is 6.57. The lowest BCUT2D eigenvalue weighted by molar-refractivity contribution is 0.0830. The molecule has 1 aromatic carbocycles. The van der Waals surface area contributed by atoms with E-state index in [1.54, 1.807) is 11.0 Å². The van der Waals surface area contributed by atoms with Gasteiger partial charge in [-0.05, 0) is 43.5 Å². The number of carbonyl (C=O) groups excluding carboxylic acids is 1. The van der Waals surface area contributed by atoms with Crippen LogP contribution in [0.1, 0.15) is 42.1 Å². The van der Waals surface area contributed by atoms with E-state index < -0.39 is 0 Å². The summed E-state index contributed by atoms with van der Waals surface area (Å²) in [5, 5.41) is 16.8. The first-order valence-corrected chi connectivity index (χ1v) is 7.91. The third-order valence-corrected chi connectivity index (χ3v) is 4.89. The van der Waals surface area contributed by atoms with E-state index in [4.69, 9.17) is 0 Å². The Bertz CT molecular complexity index is 699. The third-order valence-electron chi connectivity index (χ3n) is 4.89. The highest BCUT2D eigenvalue weighted by atomic mass is 16.3. The summed E-state index contributed by atoms with van der Waals surface area (Å²) in [5.41, 5.74) is 2.20. The van der Waals surface area contributed by atoms with E-state index >= 15 is 0 Å². The van der Waals surface area contributed by atoms with Crippen LogP contribution in [-0.4, -0.2) is 38.4 Å². The van der Waals surface area contributed by atoms with Crippen LogP contribution in [0.2, 0.25) is 0 Å². The highest BCUT2D eigenvalue weighted by Crippen LogP contribution is 2.37. The molecule has 2 atom stereocenters. The lowest BCUT2D eigenvalue weighted by atomic mass is 9.85. The summed E-state index contributed by atoms with van der Waals surface area (Å²) >= 11 is 0. The Hall–Kier alpha value is -2.21. The van der Waals surface area contributed by atoms with Gasteiger partial charge in [-0.25, -0.2) is 9.67 Å². The number of rotatable bonds is 4. The van der Waals surface area contributed by atoms with Crippen molar-refractivity contribution in [1.29, 1.82) is 0 Å². The number of nitrogens with zero attached hydrogens (tertiary/aromatic N) is 3. The minimum absolute atomic E-state index is 0.0226. The zero-order valence-electron chi connectivity index (χ0n) is 13.5. The molecule has 1 fully saturated rings. The van der Waals surface area contributed by atoms with Crippen molar-refractivity contribution in [2.45, 2.75) is 39.2 Å². The van der Waals surface area contributed by atoms with Gasteiger partial charge in [0, 0.05) is 17.0 Å². The van der Waals surface area contributed by atoms with Gasteiger partial charge in [-0.15, -0.1) is 0 Å². The van der Waals surface area contributed by atoms with Crippen LogP contribution in [0.4, 0.5) is 0 Å². The number of hydrogen-bond acceptors (Lipinski definition) is 4. The molecule has 1 amide bonds. The van der Waals surface area contributed by atoms with Gasteiger partial charge in [0.1, 0.15) is 12.7 Å². The number of hydrogen-bond donors (Lipinski definition) is 2. The monoisotopic (exact) mass is 314 g/mol. The Morgan fingerprint density at radius 3 is 3.00 bits per heavy atom. The molecular formula is C17H22N4O2. The van der Waals surface area contributed by atoms with Crippen LogP contribution in [0.3, 0.4) is 0 Å². The smallest absolute Gasteiger partial charge is 0.251 e. The average molecular weight is 314 g/mol. The van der Waals surface area contributed by atoms with Crippen LogP contribution in [0, 0.1) is 12.3 Å². The SMILES string of the molecule is Cc1cc(-n2cncn2)ccc1C(=O)NC1CCCC1(C)CO. The first-order valence-electron chi connectivity index (χ1n) is 7.91. The summed E-state index contributed by atoms with van der Waals surface area (Å²) in [6.45, 7) is 4.04. The van der Waals surface area contributed by atoms with E-state index in [0.717, 1.165) is 30.5 Å². The van der Waals surface area contributed by atoms with Gasteiger partial charge >= 0.3 is 0 Å². The standard InChI is InChI=1S/C17H22N4O2/c1-12-8-13(21-11-18-10-19-21)5-6-14(12)16(23)20-15-4-3-7-17(15,2)9-22/h5-6,8,10-11,15,22H,3-4,7,9H2,1-2H3,(H,20,23). The van der Waals surface area contributed by atoms with Crippen LogP contribution in [0.5, 0.6) is 0 Å². The van der Waals surface area contributed by atoms with Gasteiger partial charge in [-0.3, -0.25) is 4.79 Å². The van der Waals surface area contributed by atoms with Gasteiger partial charge < -0.3 is 10.4 Å². The van der Waals surface area contributed by atoms with Crippen molar-refractivity contribution in [3.63, 3.8) is 0 Å². The van der Waals surface area contributed by atoms with E-state index in [1.165, 1.54) is 6.33 Å². The number of aryl methyl sites for hydroxylation is 1. The van der Waals surface area contributed by atoms with Crippen LogP contribution in [0.25, 0.3) is 5.69 Å². The quantitative estimate of drug-likeness (QED) is 0.902. The van der Waals surface area contributed by atoms with Gasteiger partial charge in [0.15, 0.2) is 0 Å². The molecule has 1 heterocycles. The predicted octanol–water partition coefficient (Wildman–Crippen LogP) is 1.86. The number of aromatic nitrogens is 3. The number of aliphatic hydroxyl groups excluding tert-OH is 1. The molecule has 2 unspecified atom stereocenters. The Balaban J connectivity index is 1.78. The first kappa shape index (κ1) is 15.7. The molecule has 0 bridgehead atoms. The van der Waals surface area contributed by atoms with E-state index in [2.05, 4.69) is 15.4 Å². The fourth-order valence-corrected chi connectivity index (χ4v) is 3.29. The molecule has 0 radical (unpaired) electrons. The van der Waals surface area contributed by atoms with Crippen LogP contribution in [0.15, 0.2) is 30.9 Å². The second-order valence-electron chi connectivity index (χ2n) is 6.57. The number of benzene rings is 1. The maximum atomic E-state index is 12.6. The molecule has 0 aliphatic heterocycles. The fourth-order valence-electron chi connectivity index (χ4n) is 3.29.